The van der Waals surface area contributed by atoms with Crippen LogP contribution in [-0.2, 0) is 4.74 Å². The molecule has 0 unspecified atom stereocenters. The van der Waals surface area contributed by atoms with E-state index in [9.17, 15) is 4.79 Å². The largest absolute Gasteiger partial charge is 0.491 e. The van der Waals surface area contributed by atoms with E-state index in [1.807, 2.05) is 24.3 Å². The van der Waals surface area contributed by atoms with Crippen molar-refractivity contribution in [1.82, 2.24) is 4.90 Å². The molecule has 4 nitrogen and oxygen atoms in total. The first-order valence-corrected chi connectivity index (χ1v) is 8.34. The van der Waals surface area contributed by atoms with Crippen LogP contribution in [0.4, 0.5) is 0 Å². The minimum absolute atomic E-state index is 0.173. The summed E-state index contributed by atoms with van der Waals surface area (Å²) in [5.74, 6) is 0.914. The first kappa shape index (κ1) is 15.3. The molecule has 1 aromatic carbocycles. The van der Waals surface area contributed by atoms with Gasteiger partial charge in [-0.15, -0.1) is 0 Å². The van der Waals surface area contributed by atoms with Crippen molar-refractivity contribution >= 4 is 5.91 Å². The number of methoxy groups -OCH3 is 1. The molecule has 0 radical (unpaired) electrons. The van der Waals surface area contributed by atoms with Gasteiger partial charge in [0.15, 0.2) is 0 Å². The number of rotatable bonds is 7. The first-order chi connectivity index (χ1) is 10.8. The lowest BCUT2D eigenvalue weighted by atomic mass is 10.1. The fourth-order valence-electron chi connectivity index (χ4n) is 3.28. The molecule has 2 aliphatic carbocycles. The number of ether oxygens (including phenoxy) is 2. The van der Waals surface area contributed by atoms with E-state index in [-0.39, 0.29) is 5.91 Å². The Kier molecular flexibility index (Phi) is 4.98. The van der Waals surface area contributed by atoms with Crippen LogP contribution in [0.1, 0.15) is 48.9 Å². The van der Waals surface area contributed by atoms with E-state index in [1.54, 1.807) is 7.11 Å². The zero-order valence-corrected chi connectivity index (χ0v) is 13.3. The van der Waals surface area contributed by atoms with Gasteiger partial charge in [-0.3, -0.25) is 4.79 Å². The maximum Gasteiger partial charge on any atom is 0.254 e. The minimum atomic E-state index is 0.173. The van der Waals surface area contributed by atoms with Gasteiger partial charge in [-0.05, 0) is 43.9 Å². The van der Waals surface area contributed by atoms with E-state index in [1.165, 1.54) is 12.8 Å². The molecule has 0 aliphatic heterocycles. The fraction of sp³-hybridized carbons (Fsp3) is 0.611. The van der Waals surface area contributed by atoms with E-state index in [2.05, 4.69) is 4.90 Å². The lowest BCUT2D eigenvalue weighted by Crippen LogP contribution is -2.40. The molecule has 0 saturated heterocycles. The molecule has 22 heavy (non-hydrogen) atoms. The van der Waals surface area contributed by atoms with E-state index >= 15 is 0 Å². The standard InChI is InChI=1S/C18H25NO3/c1-21-11-12-22-17-8-4-5-14(13-17)18(20)19(16-9-10-16)15-6-2-3-7-15/h4-5,8,13,15-16H,2-3,6-7,9-12H2,1H3. The Morgan fingerprint density at radius 3 is 2.55 bits per heavy atom. The summed E-state index contributed by atoms with van der Waals surface area (Å²) in [5, 5.41) is 0. The molecule has 2 aliphatic rings. The lowest BCUT2D eigenvalue weighted by molar-refractivity contribution is 0.0663. The van der Waals surface area contributed by atoms with Crippen LogP contribution in [0.5, 0.6) is 5.75 Å². The molecular weight excluding hydrogens is 278 g/mol. The fourth-order valence-corrected chi connectivity index (χ4v) is 3.28. The van der Waals surface area contributed by atoms with Gasteiger partial charge in [-0.2, -0.15) is 0 Å². The van der Waals surface area contributed by atoms with Gasteiger partial charge in [0.2, 0.25) is 0 Å². The van der Waals surface area contributed by atoms with Gasteiger partial charge in [0, 0.05) is 24.8 Å². The van der Waals surface area contributed by atoms with Crippen LogP contribution in [0.15, 0.2) is 24.3 Å². The molecule has 1 amide bonds. The van der Waals surface area contributed by atoms with Gasteiger partial charge < -0.3 is 14.4 Å². The highest BCUT2D eigenvalue weighted by Gasteiger charge is 2.38. The van der Waals surface area contributed by atoms with Crippen molar-refractivity contribution < 1.29 is 14.3 Å². The summed E-state index contributed by atoms with van der Waals surface area (Å²) in [6.07, 6.45) is 7.14. The van der Waals surface area contributed by atoms with Crippen molar-refractivity contribution in [1.29, 1.82) is 0 Å². The maximum absolute atomic E-state index is 12.9. The third kappa shape index (κ3) is 3.61. The van der Waals surface area contributed by atoms with Gasteiger partial charge in [-0.1, -0.05) is 18.9 Å². The highest BCUT2D eigenvalue weighted by atomic mass is 16.5. The molecule has 0 bridgehead atoms. The van der Waals surface area contributed by atoms with Crippen LogP contribution in [0, 0.1) is 0 Å². The van der Waals surface area contributed by atoms with Gasteiger partial charge >= 0.3 is 0 Å². The molecule has 4 heteroatoms. The summed E-state index contributed by atoms with van der Waals surface area (Å²) in [4.78, 5) is 15.1. The monoisotopic (exact) mass is 303 g/mol. The van der Waals surface area contributed by atoms with Crippen molar-refractivity contribution in [3.63, 3.8) is 0 Å². The average molecular weight is 303 g/mol. The van der Waals surface area contributed by atoms with Crippen molar-refractivity contribution in [2.45, 2.75) is 50.6 Å². The summed E-state index contributed by atoms with van der Waals surface area (Å²) in [7, 11) is 1.65. The number of hydrogen-bond donors (Lipinski definition) is 0. The highest BCUT2D eigenvalue weighted by Crippen LogP contribution is 2.35. The van der Waals surface area contributed by atoms with Crippen LogP contribution in [0.2, 0.25) is 0 Å². The summed E-state index contributed by atoms with van der Waals surface area (Å²) in [6.45, 7) is 1.05. The summed E-state index contributed by atoms with van der Waals surface area (Å²) in [6, 6.07) is 8.46. The summed E-state index contributed by atoms with van der Waals surface area (Å²) < 4.78 is 10.6. The number of carbonyl (C=O) groups is 1. The Morgan fingerprint density at radius 2 is 1.86 bits per heavy atom. The van der Waals surface area contributed by atoms with Crippen LogP contribution < -0.4 is 4.74 Å². The molecule has 0 heterocycles. The number of carbonyl (C=O) groups excluding carboxylic acids is 1. The van der Waals surface area contributed by atoms with Crippen LogP contribution in [0.3, 0.4) is 0 Å². The topological polar surface area (TPSA) is 38.8 Å². The van der Waals surface area contributed by atoms with Gasteiger partial charge in [0.05, 0.1) is 6.61 Å². The van der Waals surface area contributed by atoms with E-state index in [0.29, 0.717) is 25.3 Å². The summed E-state index contributed by atoms with van der Waals surface area (Å²) in [5.41, 5.74) is 0.744. The van der Waals surface area contributed by atoms with Gasteiger partial charge in [0.1, 0.15) is 12.4 Å². The highest BCUT2D eigenvalue weighted by molar-refractivity contribution is 5.95. The Bertz CT molecular complexity index is 507. The molecule has 0 aromatic heterocycles. The smallest absolute Gasteiger partial charge is 0.254 e. The number of amides is 1. The van der Waals surface area contributed by atoms with E-state index in [0.717, 1.165) is 37.0 Å². The van der Waals surface area contributed by atoms with Crippen LogP contribution >= 0.6 is 0 Å². The van der Waals surface area contributed by atoms with E-state index < -0.39 is 0 Å². The van der Waals surface area contributed by atoms with Crippen LogP contribution in [0.25, 0.3) is 0 Å². The second-order valence-corrected chi connectivity index (χ2v) is 6.25. The normalized spacial score (nSPS) is 18.4. The second-order valence-electron chi connectivity index (χ2n) is 6.25. The predicted molar refractivity (Wildman–Crippen MR) is 85.3 cm³/mol. The van der Waals surface area contributed by atoms with Crippen molar-refractivity contribution in [3.05, 3.63) is 29.8 Å². The molecule has 120 valence electrons. The molecule has 0 spiro atoms. The maximum atomic E-state index is 12.9. The van der Waals surface area contributed by atoms with E-state index in [4.69, 9.17) is 9.47 Å². The van der Waals surface area contributed by atoms with Crippen LogP contribution in [-0.4, -0.2) is 43.2 Å². The summed E-state index contributed by atoms with van der Waals surface area (Å²) >= 11 is 0. The Labute approximate surface area is 132 Å². The van der Waals surface area contributed by atoms with Gasteiger partial charge in [0.25, 0.3) is 5.91 Å². The third-order valence-electron chi connectivity index (χ3n) is 4.53. The number of benzene rings is 1. The zero-order valence-electron chi connectivity index (χ0n) is 13.3. The number of hydrogen-bond acceptors (Lipinski definition) is 3. The van der Waals surface area contributed by atoms with Crippen molar-refractivity contribution in [2.75, 3.05) is 20.3 Å². The SMILES string of the molecule is COCCOc1cccc(C(=O)N(C2CCCC2)C2CC2)c1. The molecule has 0 atom stereocenters. The minimum Gasteiger partial charge on any atom is -0.491 e. The van der Waals surface area contributed by atoms with Gasteiger partial charge in [-0.25, -0.2) is 0 Å². The quantitative estimate of drug-likeness (QED) is 0.726. The Balaban J connectivity index is 1.70. The predicted octanol–water partition coefficient (Wildman–Crippen LogP) is 3.26. The molecule has 1 aromatic rings. The van der Waals surface area contributed by atoms with Crippen molar-refractivity contribution in [2.24, 2.45) is 0 Å². The molecule has 2 saturated carbocycles. The first-order valence-electron chi connectivity index (χ1n) is 8.34. The zero-order chi connectivity index (χ0) is 15.4. The third-order valence-corrected chi connectivity index (χ3v) is 4.53. The molecular formula is C18H25NO3. The van der Waals surface area contributed by atoms with Crippen molar-refractivity contribution in [3.8, 4) is 5.75 Å². The second kappa shape index (κ2) is 7.14. The number of nitrogens with zero attached hydrogens (tertiary/aromatic N) is 1. The lowest BCUT2D eigenvalue weighted by Gasteiger charge is -2.29. The Morgan fingerprint density at radius 1 is 1.14 bits per heavy atom. The molecule has 2 fully saturated rings. The molecule has 0 N–H and O–H groups in total. The average Bonchev–Trinajstić information content (AvgIpc) is 3.22. The Hall–Kier alpha value is -1.55. The molecule has 3 rings (SSSR count).